The van der Waals surface area contributed by atoms with E-state index in [-0.39, 0.29) is 30.7 Å². The maximum atomic E-state index is 12.5. The first kappa shape index (κ1) is 24.3. The third kappa shape index (κ3) is 8.37. The fourth-order valence-electron chi connectivity index (χ4n) is 3.19. The van der Waals surface area contributed by atoms with Crippen LogP contribution in [0, 0.1) is 0 Å². The summed E-state index contributed by atoms with van der Waals surface area (Å²) < 4.78 is 5.16. The SMILES string of the molecule is CCCCOC(=O)CC1C(=O)NCCN1CC(=O)Nc1ccc(NC(=O)CCC)cc1. The highest BCUT2D eigenvalue weighted by atomic mass is 16.5. The van der Waals surface area contributed by atoms with Gasteiger partial charge in [-0.05, 0) is 37.1 Å². The molecule has 1 atom stereocenters. The lowest BCUT2D eigenvalue weighted by atomic mass is 10.1. The molecule has 31 heavy (non-hydrogen) atoms. The number of nitrogens with zero attached hydrogens (tertiary/aromatic N) is 1. The maximum Gasteiger partial charge on any atom is 0.307 e. The molecule has 0 radical (unpaired) electrons. The molecular formula is C22H32N4O5. The van der Waals surface area contributed by atoms with E-state index in [2.05, 4.69) is 16.0 Å². The first-order valence-electron chi connectivity index (χ1n) is 10.8. The Bertz CT molecular complexity index is 766. The van der Waals surface area contributed by atoms with E-state index >= 15 is 0 Å². The fraction of sp³-hybridized carbons (Fsp3) is 0.545. The Morgan fingerprint density at radius 3 is 2.32 bits per heavy atom. The largest absolute Gasteiger partial charge is 0.466 e. The summed E-state index contributed by atoms with van der Waals surface area (Å²) in [6.45, 7) is 5.13. The zero-order valence-electron chi connectivity index (χ0n) is 18.2. The molecule has 0 bridgehead atoms. The molecule has 3 N–H and O–H groups in total. The number of rotatable bonds is 11. The summed E-state index contributed by atoms with van der Waals surface area (Å²) in [5, 5.41) is 8.31. The second-order valence-corrected chi connectivity index (χ2v) is 7.48. The van der Waals surface area contributed by atoms with Gasteiger partial charge in [0, 0.05) is 30.9 Å². The molecule has 2 rings (SSSR count). The van der Waals surface area contributed by atoms with Gasteiger partial charge in [-0.2, -0.15) is 0 Å². The lowest BCUT2D eigenvalue weighted by molar-refractivity contribution is -0.149. The summed E-state index contributed by atoms with van der Waals surface area (Å²) in [4.78, 5) is 50.1. The Kier molecular flexibility index (Phi) is 9.96. The van der Waals surface area contributed by atoms with Crippen LogP contribution in [0.5, 0.6) is 0 Å². The van der Waals surface area contributed by atoms with Crippen molar-refractivity contribution in [3.05, 3.63) is 24.3 Å². The Morgan fingerprint density at radius 2 is 1.71 bits per heavy atom. The topological polar surface area (TPSA) is 117 Å². The van der Waals surface area contributed by atoms with Gasteiger partial charge in [0.05, 0.1) is 19.6 Å². The number of hydrogen-bond acceptors (Lipinski definition) is 6. The Balaban J connectivity index is 1.89. The number of nitrogens with one attached hydrogen (secondary N) is 3. The van der Waals surface area contributed by atoms with Crippen molar-refractivity contribution in [3.63, 3.8) is 0 Å². The summed E-state index contributed by atoms with van der Waals surface area (Å²) in [7, 11) is 0. The lowest BCUT2D eigenvalue weighted by Gasteiger charge is -2.33. The summed E-state index contributed by atoms with van der Waals surface area (Å²) in [5.41, 5.74) is 1.24. The molecule has 1 aliphatic rings. The van der Waals surface area contributed by atoms with Gasteiger partial charge in [0.2, 0.25) is 17.7 Å². The molecule has 0 saturated carbocycles. The van der Waals surface area contributed by atoms with Gasteiger partial charge in [0.1, 0.15) is 6.04 Å². The van der Waals surface area contributed by atoms with E-state index in [0.29, 0.717) is 37.5 Å². The predicted molar refractivity (Wildman–Crippen MR) is 117 cm³/mol. The second kappa shape index (κ2) is 12.7. The molecule has 9 nitrogen and oxygen atoms in total. The molecular weight excluding hydrogens is 400 g/mol. The number of benzene rings is 1. The molecule has 0 spiro atoms. The van der Waals surface area contributed by atoms with E-state index in [9.17, 15) is 19.2 Å². The molecule has 1 unspecified atom stereocenters. The van der Waals surface area contributed by atoms with Crippen molar-refractivity contribution in [2.75, 3.05) is 36.9 Å². The van der Waals surface area contributed by atoms with Gasteiger partial charge in [-0.15, -0.1) is 0 Å². The third-order valence-corrected chi connectivity index (χ3v) is 4.84. The molecule has 9 heteroatoms. The van der Waals surface area contributed by atoms with Gasteiger partial charge in [0.25, 0.3) is 0 Å². The Hall–Kier alpha value is -2.94. The third-order valence-electron chi connectivity index (χ3n) is 4.84. The normalized spacial score (nSPS) is 16.3. The molecule has 1 aromatic rings. The minimum atomic E-state index is -0.732. The van der Waals surface area contributed by atoms with Gasteiger partial charge >= 0.3 is 5.97 Å². The average molecular weight is 433 g/mol. The number of ether oxygens (including phenoxy) is 1. The van der Waals surface area contributed by atoms with E-state index in [0.717, 1.165) is 19.3 Å². The number of carbonyl (C=O) groups excluding carboxylic acids is 4. The first-order valence-corrected chi connectivity index (χ1v) is 10.8. The quantitative estimate of drug-likeness (QED) is 0.363. The molecule has 1 saturated heterocycles. The van der Waals surface area contributed by atoms with Crippen molar-refractivity contribution in [2.24, 2.45) is 0 Å². The number of anilines is 2. The molecule has 1 aliphatic heterocycles. The number of piperazine rings is 1. The molecule has 0 aliphatic carbocycles. The van der Waals surface area contributed by atoms with E-state index in [4.69, 9.17) is 4.74 Å². The van der Waals surface area contributed by atoms with Crippen LogP contribution in [0.15, 0.2) is 24.3 Å². The van der Waals surface area contributed by atoms with Crippen LogP contribution in [0.1, 0.15) is 46.0 Å². The molecule has 170 valence electrons. The number of unbranched alkanes of at least 4 members (excludes halogenated alkanes) is 1. The van der Waals surface area contributed by atoms with Crippen molar-refractivity contribution < 1.29 is 23.9 Å². The van der Waals surface area contributed by atoms with E-state index in [1.165, 1.54) is 0 Å². The number of hydrogen-bond donors (Lipinski definition) is 3. The van der Waals surface area contributed by atoms with Crippen molar-refractivity contribution in [1.82, 2.24) is 10.2 Å². The van der Waals surface area contributed by atoms with Crippen LogP contribution < -0.4 is 16.0 Å². The second-order valence-electron chi connectivity index (χ2n) is 7.48. The van der Waals surface area contributed by atoms with Crippen LogP contribution in [-0.2, 0) is 23.9 Å². The van der Waals surface area contributed by atoms with Crippen LogP contribution in [0.3, 0.4) is 0 Å². The van der Waals surface area contributed by atoms with Gasteiger partial charge in [-0.3, -0.25) is 24.1 Å². The molecule has 3 amide bonds. The van der Waals surface area contributed by atoms with Crippen LogP contribution in [0.2, 0.25) is 0 Å². The van der Waals surface area contributed by atoms with Crippen LogP contribution in [-0.4, -0.2) is 60.9 Å². The Morgan fingerprint density at radius 1 is 1.06 bits per heavy atom. The molecule has 1 aromatic carbocycles. The summed E-state index contributed by atoms with van der Waals surface area (Å²) >= 11 is 0. The predicted octanol–water partition coefficient (Wildman–Crippen LogP) is 1.90. The number of carbonyl (C=O) groups is 4. The maximum absolute atomic E-state index is 12.5. The highest BCUT2D eigenvalue weighted by Gasteiger charge is 2.33. The summed E-state index contributed by atoms with van der Waals surface area (Å²) in [6, 6.07) is 6.10. The van der Waals surface area contributed by atoms with Gasteiger partial charge < -0.3 is 20.7 Å². The highest BCUT2D eigenvalue weighted by molar-refractivity contribution is 5.94. The summed E-state index contributed by atoms with van der Waals surface area (Å²) in [6.07, 6.45) is 2.82. The minimum Gasteiger partial charge on any atom is -0.466 e. The van der Waals surface area contributed by atoms with E-state index in [1.807, 2.05) is 13.8 Å². The summed E-state index contributed by atoms with van der Waals surface area (Å²) in [5.74, 6) is -1.07. The minimum absolute atomic E-state index is 0.0185. The standard InChI is InChI=1S/C22H32N4O5/c1-3-5-13-31-21(29)14-18-22(30)23-11-12-26(18)15-20(28)25-17-9-7-16(8-10-17)24-19(27)6-4-2/h7-10,18H,3-6,11-15H2,1-2H3,(H,23,30)(H,24,27)(H,25,28). The first-order chi connectivity index (χ1) is 14.9. The van der Waals surface area contributed by atoms with Crippen molar-refractivity contribution in [1.29, 1.82) is 0 Å². The lowest BCUT2D eigenvalue weighted by Crippen LogP contribution is -2.57. The fourth-order valence-corrected chi connectivity index (χ4v) is 3.19. The molecule has 1 fully saturated rings. The van der Waals surface area contributed by atoms with Crippen molar-refractivity contribution in [3.8, 4) is 0 Å². The van der Waals surface area contributed by atoms with Crippen LogP contribution in [0.25, 0.3) is 0 Å². The van der Waals surface area contributed by atoms with E-state index < -0.39 is 12.0 Å². The van der Waals surface area contributed by atoms with Gasteiger partial charge in [-0.25, -0.2) is 0 Å². The van der Waals surface area contributed by atoms with Gasteiger partial charge in [-0.1, -0.05) is 20.3 Å². The highest BCUT2D eigenvalue weighted by Crippen LogP contribution is 2.15. The van der Waals surface area contributed by atoms with Crippen LogP contribution in [0.4, 0.5) is 11.4 Å². The zero-order chi connectivity index (χ0) is 22.6. The van der Waals surface area contributed by atoms with Crippen LogP contribution >= 0.6 is 0 Å². The zero-order valence-corrected chi connectivity index (χ0v) is 18.2. The molecule has 1 heterocycles. The van der Waals surface area contributed by atoms with Crippen molar-refractivity contribution in [2.45, 2.75) is 52.0 Å². The molecule has 0 aromatic heterocycles. The van der Waals surface area contributed by atoms with E-state index in [1.54, 1.807) is 29.2 Å². The number of esters is 1. The monoisotopic (exact) mass is 432 g/mol. The van der Waals surface area contributed by atoms with Gasteiger partial charge in [0.15, 0.2) is 0 Å². The average Bonchev–Trinajstić information content (AvgIpc) is 2.72. The smallest absolute Gasteiger partial charge is 0.307 e. The van der Waals surface area contributed by atoms with Crippen molar-refractivity contribution >= 4 is 35.1 Å². The number of amides is 3. The Labute approximate surface area is 182 Å².